The van der Waals surface area contributed by atoms with Gasteiger partial charge in [0.25, 0.3) is 0 Å². The summed E-state index contributed by atoms with van der Waals surface area (Å²) in [4.78, 5) is 14.0. The van der Waals surface area contributed by atoms with Gasteiger partial charge in [-0.1, -0.05) is 50.7 Å². The van der Waals surface area contributed by atoms with Crippen LogP contribution in [0.1, 0.15) is 60.1 Å². The zero-order valence-corrected chi connectivity index (χ0v) is 23.4. The van der Waals surface area contributed by atoms with Gasteiger partial charge < -0.3 is 14.6 Å². The van der Waals surface area contributed by atoms with Crippen molar-refractivity contribution in [3.63, 3.8) is 0 Å². The first-order valence-electron chi connectivity index (χ1n) is 12.1. The molecule has 0 aliphatic heterocycles. The number of carbonyl (C=O) groups excluding carboxylic acids is 1. The number of thiophene rings is 1. The SMILES string of the molecule is Cc1cccc(C)c1OCc1nnc(SCC(=O)Nc2sc3c(c2C#N)CC[C@H](C(C)(C)C)C3)n1C. The van der Waals surface area contributed by atoms with E-state index >= 15 is 0 Å². The lowest BCUT2D eigenvalue weighted by molar-refractivity contribution is -0.113. The van der Waals surface area contributed by atoms with E-state index in [0.717, 1.165) is 41.7 Å². The van der Waals surface area contributed by atoms with E-state index in [1.807, 2.05) is 43.7 Å². The maximum atomic E-state index is 12.8. The van der Waals surface area contributed by atoms with E-state index in [-0.39, 0.29) is 17.1 Å². The second-order valence-electron chi connectivity index (χ2n) is 10.4. The Bertz CT molecular complexity index is 1290. The summed E-state index contributed by atoms with van der Waals surface area (Å²) in [6, 6.07) is 8.37. The highest BCUT2D eigenvalue weighted by Gasteiger charge is 2.32. The smallest absolute Gasteiger partial charge is 0.235 e. The molecule has 1 amide bonds. The Morgan fingerprint density at radius 2 is 2.03 bits per heavy atom. The Kier molecular flexibility index (Phi) is 7.76. The Balaban J connectivity index is 1.37. The molecule has 9 heteroatoms. The minimum absolute atomic E-state index is 0.154. The Morgan fingerprint density at radius 3 is 2.69 bits per heavy atom. The lowest BCUT2D eigenvalue weighted by Gasteiger charge is -2.33. The Labute approximate surface area is 221 Å². The molecule has 0 saturated carbocycles. The van der Waals surface area contributed by atoms with Gasteiger partial charge in [0.1, 0.15) is 23.4 Å². The lowest BCUT2D eigenvalue weighted by atomic mass is 9.72. The van der Waals surface area contributed by atoms with Crippen molar-refractivity contribution in [1.29, 1.82) is 5.26 Å². The second-order valence-corrected chi connectivity index (χ2v) is 12.5. The van der Waals surface area contributed by atoms with Crippen molar-refractivity contribution in [2.24, 2.45) is 18.4 Å². The van der Waals surface area contributed by atoms with E-state index < -0.39 is 0 Å². The zero-order valence-electron chi connectivity index (χ0n) is 21.8. The highest BCUT2D eigenvalue weighted by atomic mass is 32.2. The van der Waals surface area contributed by atoms with Crippen LogP contribution in [0.15, 0.2) is 23.4 Å². The number of para-hydroxylation sites is 1. The maximum absolute atomic E-state index is 12.8. The van der Waals surface area contributed by atoms with E-state index in [9.17, 15) is 10.1 Å². The monoisotopic (exact) mass is 523 g/mol. The van der Waals surface area contributed by atoms with Crippen LogP contribution >= 0.6 is 23.1 Å². The molecule has 1 aliphatic carbocycles. The first-order valence-corrected chi connectivity index (χ1v) is 13.9. The number of hydrogen-bond acceptors (Lipinski definition) is 7. The number of aromatic nitrogens is 3. The third kappa shape index (κ3) is 5.60. The molecule has 1 aliphatic rings. The van der Waals surface area contributed by atoms with Gasteiger partial charge in [0.05, 0.1) is 11.3 Å². The summed E-state index contributed by atoms with van der Waals surface area (Å²) in [5.74, 6) is 2.15. The van der Waals surface area contributed by atoms with Crippen LogP contribution < -0.4 is 10.1 Å². The summed E-state index contributed by atoms with van der Waals surface area (Å²) in [6.45, 7) is 11.1. The van der Waals surface area contributed by atoms with Crippen molar-refractivity contribution < 1.29 is 9.53 Å². The highest BCUT2D eigenvalue weighted by molar-refractivity contribution is 7.99. The highest BCUT2D eigenvalue weighted by Crippen LogP contribution is 2.44. The zero-order chi connectivity index (χ0) is 26.0. The number of aryl methyl sites for hydroxylation is 2. The molecule has 1 N–H and O–H groups in total. The Morgan fingerprint density at radius 1 is 1.31 bits per heavy atom. The average Bonchev–Trinajstić information content (AvgIpc) is 3.35. The summed E-state index contributed by atoms with van der Waals surface area (Å²) in [5, 5.41) is 22.6. The number of nitrogens with one attached hydrogen (secondary N) is 1. The summed E-state index contributed by atoms with van der Waals surface area (Å²) in [6.07, 6.45) is 2.94. The maximum Gasteiger partial charge on any atom is 0.235 e. The predicted molar refractivity (Wildman–Crippen MR) is 145 cm³/mol. The van der Waals surface area contributed by atoms with E-state index in [2.05, 4.69) is 42.4 Å². The van der Waals surface area contributed by atoms with Gasteiger partial charge in [0.15, 0.2) is 11.0 Å². The van der Waals surface area contributed by atoms with E-state index in [0.29, 0.717) is 34.1 Å². The number of amides is 1. The largest absolute Gasteiger partial charge is 0.485 e. The summed E-state index contributed by atoms with van der Waals surface area (Å²) in [5.41, 5.74) is 4.12. The molecule has 0 unspecified atom stereocenters. The molecule has 4 rings (SSSR count). The predicted octanol–water partition coefficient (Wildman–Crippen LogP) is 5.83. The van der Waals surface area contributed by atoms with Gasteiger partial charge in [-0.25, -0.2) is 0 Å². The lowest BCUT2D eigenvalue weighted by Crippen LogP contribution is -2.26. The van der Waals surface area contributed by atoms with Crippen molar-refractivity contribution in [2.75, 3.05) is 11.1 Å². The number of thioether (sulfide) groups is 1. The minimum atomic E-state index is -0.154. The van der Waals surface area contributed by atoms with Crippen LogP contribution in [0.5, 0.6) is 5.75 Å². The third-order valence-electron chi connectivity index (χ3n) is 6.87. The number of anilines is 1. The quantitative estimate of drug-likeness (QED) is 0.392. The summed E-state index contributed by atoms with van der Waals surface area (Å²) < 4.78 is 7.85. The van der Waals surface area contributed by atoms with Crippen LogP contribution in [0.25, 0.3) is 0 Å². The first-order chi connectivity index (χ1) is 17.1. The standard InChI is InChI=1S/C27H33N5O2S2/c1-16-8-7-9-17(2)24(16)34-14-22-30-31-26(32(22)6)35-15-23(33)29-25-20(13-28)19-11-10-18(27(3,4)5)12-21(19)36-25/h7-9,18H,10-12,14-15H2,1-6H3,(H,29,33)/t18-/m0/s1. The van der Waals surface area contributed by atoms with Gasteiger partial charge >= 0.3 is 0 Å². The number of benzene rings is 1. The normalized spacial score (nSPS) is 15.3. The number of nitriles is 1. The summed E-state index contributed by atoms with van der Waals surface area (Å²) in [7, 11) is 1.87. The number of fused-ring (bicyclic) bond motifs is 1. The molecule has 1 atom stereocenters. The molecule has 1 aromatic carbocycles. The third-order valence-corrected chi connectivity index (χ3v) is 9.06. The van der Waals surface area contributed by atoms with Gasteiger partial charge in [-0.15, -0.1) is 21.5 Å². The topological polar surface area (TPSA) is 92.8 Å². The van der Waals surface area contributed by atoms with E-state index in [4.69, 9.17) is 4.74 Å². The van der Waals surface area contributed by atoms with Gasteiger partial charge in [-0.05, 0) is 61.1 Å². The molecule has 36 heavy (non-hydrogen) atoms. The van der Waals surface area contributed by atoms with E-state index in [1.54, 1.807) is 11.3 Å². The van der Waals surface area contributed by atoms with Crippen LogP contribution in [-0.4, -0.2) is 26.4 Å². The van der Waals surface area contributed by atoms with Gasteiger partial charge in [-0.3, -0.25) is 4.79 Å². The van der Waals surface area contributed by atoms with E-state index in [1.165, 1.54) is 16.6 Å². The number of hydrogen-bond donors (Lipinski definition) is 1. The molecule has 0 saturated heterocycles. The Hall–Kier alpha value is -2.83. The van der Waals surface area contributed by atoms with Gasteiger partial charge in [0, 0.05) is 11.9 Å². The van der Waals surface area contributed by atoms with Gasteiger partial charge in [0.2, 0.25) is 5.91 Å². The van der Waals surface area contributed by atoms with Crippen molar-refractivity contribution in [1.82, 2.24) is 14.8 Å². The molecule has 0 fully saturated rings. The molecule has 0 spiro atoms. The number of nitrogens with zero attached hydrogens (tertiary/aromatic N) is 4. The number of carbonyl (C=O) groups is 1. The van der Waals surface area contributed by atoms with Crippen molar-refractivity contribution in [3.8, 4) is 11.8 Å². The molecule has 2 aromatic heterocycles. The van der Waals surface area contributed by atoms with Crippen molar-refractivity contribution in [3.05, 3.63) is 51.2 Å². The molecular weight excluding hydrogens is 490 g/mol. The van der Waals surface area contributed by atoms with Crippen LogP contribution in [0, 0.1) is 36.5 Å². The molecule has 3 aromatic rings. The number of rotatable bonds is 7. The molecule has 0 bridgehead atoms. The molecule has 190 valence electrons. The first kappa shape index (κ1) is 26.2. The fourth-order valence-electron chi connectivity index (χ4n) is 4.58. The molecular formula is C27H33N5O2S2. The van der Waals surface area contributed by atoms with Crippen molar-refractivity contribution >= 4 is 34.0 Å². The van der Waals surface area contributed by atoms with Crippen LogP contribution in [0.2, 0.25) is 0 Å². The molecule has 0 radical (unpaired) electrons. The average molecular weight is 524 g/mol. The fraction of sp³-hybridized carbons (Fsp3) is 0.481. The van der Waals surface area contributed by atoms with Crippen LogP contribution in [0.4, 0.5) is 5.00 Å². The summed E-state index contributed by atoms with van der Waals surface area (Å²) >= 11 is 2.88. The van der Waals surface area contributed by atoms with Crippen molar-refractivity contribution in [2.45, 2.75) is 65.6 Å². The number of ether oxygens (including phenoxy) is 1. The minimum Gasteiger partial charge on any atom is -0.485 e. The molecule has 7 nitrogen and oxygen atoms in total. The fourth-order valence-corrected chi connectivity index (χ4v) is 6.61. The van der Waals surface area contributed by atoms with Crippen LogP contribution in [-0.2, 0) is 31.3 Å². The van der Waals surface area contributed by atoms with Gasteiger partial charge in [-0.2, -0.15) is 5.26 Å². The van der Waals surface area contributed by atoms with Crippen LogP contribution in [0.3, 0.4) is 0 Å². The molecule has 2 heterocycles. The second kappa shape index (κ2) is 10.7.